The predicted octanol–water partition coefficient (Wildman–Crippen LogP) is 3.50. The third-order valence-corrected chi connectivity index (χ3v) is 3.56. The van der Waals surface area contributed by atoms with E-state index in [0.717, 1.165) is 23.9 Å². The number of nitrogens with zero attached hydrogens (tertiary/aromatic N) is 2. The van der Waals surface area contributed by atoms with E-state index in [1.54, 1.807) is 6.20 Å². The molecule has 0 saturated heterocycles. The number of pyridine rings is 1. The Morgan fingerprint density at radius 3 is 2.74 bits per heavy atom. The van der Waals surface area contributed by atoms with E-state index in [2.05, 4.69) is 18.8 Å². The van der Waals surface area contributed by atoms with Crippen molar-refractivity contribution in [1.29, 1.82) is 0 Å². The fourth-order valence-electron chi connectivity index (χ4n) is 2.23. The number of benzene rings is 1. The normalized spacial score (nSPS) is 12.4. The highest BCUT2D eigenvalue weighted by Gasteiger charge is 2.19. The molecule has 3 nitrogen and oxygen atoms in total. The van der Waals surface area contributed by atoms with Crippen LogP contribution >= 0.6 is 0 Å². The van der Waals surface area contributed by atoms with Crippen molar-refractivity contribution in [2.24, 2.45) is 0 Å². The Morgan fingerprint density at radius 1 is 1.32 bits per heavy atom. The lowest BCUT2D eigenvalue weighted by atomic mass is 10.1. The first kappa shape index (κ1) is 13.5. The minimum absolute atomic E-state index is 0.0649. The molecular weight excluding hydrogens is 236 g/mol. The van der Waals surface area contributed by atoms with Gasteiger partial charge in [0.2, 0.25) is 0 Å². The topological polar surface area (TPSA) is 33.2 Å². The largest absolute Gasteiger partial charge is 0.336 e. The van der Waals surface area contributed by atoms with Gasteiger partial charge in [0.15, 0.2) is 0 Å². The molecule has 1 aromatic carbocycles. The van der Waals surface area contributed by atoms with Gasteiger partial charge in [0.05, 0.1) is 11.1 Å². The molecule has 0 aliphatic carbocycles. The van der Waals surface area contributed by atoms with Crippen molar-refractivity contribution in [2.75, 3.05) is 6.54 Å². The van der Waals surface area contributed by atoms with E-state index in [1.165, 1.54) is 0 Å². The van der Waals surface area contributed by atoms with Crippen molar-refractivity contribution in [2.45, 2.75) is 33.2 Å². The van der Waals surface area contributed by atoms with Gasteiger partial charge in [-0.15, -0.1) is 0 Å². The van der Waals surface area contributed by atoms with Gasteiger partial charge in [-0.05, 0) is 32.4 Å². The molecule has 0 radical (unpaired) electrons. The van der Waals surface area contributed by atoms with Crippen LogP contribution in [-0.4, -0.2) is 28.4 Å². The lowest BCUT2D eigenvalue weighted by Crippen LogP contribution is -2.38. The van der Waals surface area contributed by atoms with Gasteiger partial charge in [0.25, 0.3) is 5.91 Å². The van der Waals surface area contributed by atoms with E-state index in [9.17, 15) is 4.79 Å². The lowest BCUT2D eigenvalue weighted by Gasteiger charge is -2.27. The van der Waals surface area contributed by atoms with Gasteiger partial charge in [-0.25, -0.2) is 0 Å². The fraction of sp³-hybridized carbons (Fsp3) is 0.375. The van der Waals surface area contributed by atoms with Crippen molar-refractivity contribution in [3.05, 3.63) is 42.1 Å². The molecule has 0 bridgehead atoms. The first-order valence-electron chi connectivity index (χ1n) is 6.83. The van der Waals surface area contributed by atoms with Crippen molar-refractivity contribution < 1.29 is 4.79 Å². The smallest absolute Gasteiger partial charge is 0.255 e. The summed E-state index contributed by atoms with van der Waals surface area (Å²) in [7, 11) is 0. The molecule has 1 heterocycles. The van der Waals surface area contributed by atoms with E-state index in [4.69, 9.17) is 0 Å². The van der Waals surface area contributed by atoms with Crippen molar-refractivity contribution in [3.63, 3.8) is 0 Å². The van der Waals surface area contributed by atoms with Crippen LogP contribution in [0.25, 0.3) is 10.9 Å². The first-order chi connectivity index (χ1) is 9.17. The van der Waals surface area contributed by atoms with Crippen LogP contribution in [0, 0.1) is 0 Å². The third kappa shape index (κ3) is 2.75. The highest BCUT2D eigenvalue weighted by molar-refractivity contribution is 5.97. The number of aromatic nitrogens is 1. The van der Waals surface area contributed by atoms with E-state index < -0.39 is 0 Å². The summed E-state index contributed by atoms with van der Waals surface area (Å²) in [4.78, 5) is 18.8. The molecule has 1 atom stereocenters. The summed E-state index contributed by atoms with van der Waals surface area (Å²) in [6.45, 7) is 6.91. The van der Waals surface area contributed by atoms with Crippen molar-refractivity contribution >= 4 is 16.8 Å². The standard InChI is InChI=1S/C16H20N2O/c1-4-12(3)18(5-2)16(19)14-10-13-8-6-7-9-15(13)17-11-14/h6-12H,4-5H2,1-3H3/t12-/m0/s1. The number of para-hydroxylation sites is 1. The molecule has 1 aromatic heterocycles. The van der Waals surface area contributed by atoms with Gasteiger partial charge < -0.3 is 4.90 Å². The minimum Gasteiger partial charge on any atom is -0.336 e. The molecule has 3 heteroatoms. The van der Waals surface area contributed by atoms with E-state index in [1.807, 2.05) is 42.2 Å². The maximum atomic E-state index is 12.5. The Kier molecular flexibility index (Phi) is 4.15. The summed E-state index contributed by atoms with van der Waals surface area (Å²) in [5, 5.41) is 1.01. The monoisotopic (exact) mass is 256 g/mol. The maximum absolute atomic E-state index is 12.5. The zero-order valence-corrected chi connectivity index (χ0v) is 11.8. The molecule has 0 saturated carbocycles. The van der Waals surface area contributed by atoms with Crippen molar-refractivity contribution in [3.8, 4) is 0 Å². The second-order valence-electron chi connectivity index (χ2n) is 4.77. The third-order valence-electron chi connectivity index (χ3n) is 3.56. The molecule has 1 amide bonds. The number of hydrogen-bond donors (Lipinski definition) is 0. The quantitative estimate of drug-likeness (QED) is 0.839. The number of carbonyl (C=O) groups is 1. The number of fused-ring (bicyclic) bond motifs is 1. The van der Waals surface area contributed by atoms with Gasteiger partial charge in [0.1, 0.15) is 0 Å². The number of carbonyl (C=O) groups excluding carboxylic acids is 1. The molecule has 0 N–H and O–H groups in total. The fourth-order valence-corrected chi connectivity index (χ4v) is 2.23. The molecule has 0 fully saturated rings. The molecule has 19 heavy (non-hydrogen) atoms. The minimum atomic E-state index is 0.0649. The Hall–Kier alpha value is -1.90. The number of amides is 1. The van der Waals surface area contributed by atoms with Gasteiger partial charge in [-0.1, -0.05) is 25.1 Å². The second-order valence-corrected chi connectivity index (χ2v) is 4.77. The molecule has 0 unspecified atom stereocenters. The molecule has 2 rings (SSSR count). The predicted molar refractivity (Wildman–Crippen MR) is 78.2 cm³/mol. The van der Waals surface area contributed by atoms with Crippen molar-refractivity contribution in [1.82, 2.24) is 9.88 Å². The number of hydrogen-bond acceptors (Lipinski definition) is 2. The summed E-state index contributed by atoms with van der Waals surface area (Å²) in [5.74, 6) is 0.0649. The van der Waals surface area contributed by atoms with Gasteiger partial charge in [-0.2, -0.15) is 0 Å². The first-order valence-corrected chi connectivity index (χ1v) is 6.83. The molecule has 0 aliphatic rings. The van der Waals surface area contributed by atoms with Crippen LogP contribution < -0.4 is 0 Å². The summed E-state index contributed by atoms with van der Waals surface area (Å²) >= 11 is 0. The zero-order valence-electron chi connectivity index (χ0n) is 11.8. The Bertz CT molecular complexity index is 580. The average molecular weight is 256 g/mol. The molecule has 0 spiro atoms. The second kappa shape index (κ2) is 5.83. The highest BCUT2D eigenvalue weighted by atomic mass is 16.2. The van der Waals surface area contributed by atoms with Crippen LogP contribution in [0.3, 0.4) is 0 Å². The Balaban J connectivity index is 2.35. The van der Waals surface area contributed by atoms with Crippen LogP contribution in [0.1, 0.15) is 37.6 Å². The van der Waals surface area contributed by atoms with Crippen LogP contribution in [0.15, 0.2) is 36.5 Å². The van der Waals surface area contributed by atoms with Crippen LogP contribution in [0.2, 0.25) is 0 Å². The Labute approximate surface area is 114 Å². The van der Waals surface area contributed by atoms with Gasteiger partial charge in [0, 0.05) is 24.2 Å². The highest BCUT2D eigenvalue weighted by Crippen LogP contribution is 2.15. The van der Waals surface area contributed by atoms with Gasteiger partial charge in [-0.3, -0.25) is 9.78 Å². The van der Waals surface area contributed by atoms with E-state index >= 15 is 0 Å². The average Bonchev–Trinajstić information content (AvgIpc) is 2.47. The van der Waals surface area contributed by atoms with Crippen LogP contribution in [0.4, 0.5) is 0 Å². The van der Waals surface area contributed by atoms with Gasteiger partial charge >= 0.3 is 0 Å². The summed E-state index contributed by atoms with van der Waals surface area (Å²) in [5.41, 5.74) is 1.59. The molecule has 2 aromatic rings. The molecular formula is C16H20N2O. The van der Waals surface area contributed by atoms with Crippen LogP contribution in [0.5, 0.6) is 0 Å². The van der Waals surface area contributed by atoms with E-state index in [-0.39, 0.29) is 11.9 Å². The summed E-state index contributed by atoms with van der Waals surface area (Å²) < 4.78 is 0. The number of rotatable bonds is 4. The SMILES string of the molecule is CC[C@H](C)N(CC)C(=O)c1cnc2ccccc2c1. The zero-order chi connectivity index (χ0) is 13.8. The summed E-state index contributed by atoms with van der Waals surface area (Å²) in [6, 6.07) is 10.0. The molecule has 100 valence electrons. The molecule has 0 aliphatic heterocycles. The van der Waals surface area contributed by atoms with Crippen LogP contribution in [-0.2, 0) is 0 Å². The Morgan fingerprint density at radius 2 is 2.05 bits per heavy atom. The maximum Gasteiger partial charge on any atom is 0.255 e. The lowest BCUT2D eigenvalue weighted by molar-refractivity contribution is 0.0699. The summed E-state index contributed by atoms with van der Waals surface area (Å²) in [6.07, 6.45) is 2.64. The van der Waals surface area contributed by atoms with E-state index in [0.29, 0.717) is 5.56 Å².